The normalized spacial score (nSPS) is 16.1. The molecule has 2 rings (SSSR count). The van der Waals surface area contributed by atoms with E-state index in [-0.39, 0.29) is 0 Å². The van der Waals surface area contributed by atoms with E-state index in [0.29, 0.717) is 31.6 Å². The van der Waals surface area contributed by atoms with E-state index < -0.39 is 0 Å². The Morgan fingerprint density at radius 1 is 1.18 bits per heavy atom. The van der Waals surface area contributed by atoms with Crippen LogP contribution in [-0.4, -0.2) is 19.8 Å². The number of hydrogen-bond acceptors (Lipinski definition) is 3. The van der Waals surface area contributed by atoms with Gasteiger partial charge in [-0.3, -0.25) is 0 Å². The smallest absolute Gasteiger partial charge is 0.165 e. The minimum absolute atomic E-state index is 0.350. The third kappa shape index (κ3) is 2.25. The van der Waals surface area contributed by atoms with Gasteiger partial charge in [-0.1, -0.05) is 26.8 Å². The minimum atomic E-state index is 0.350. The van der Waals surface area contributed by atoms with E-state index in [1.165, 1.54) is 11.1 Å². The molecule has 3 heteroatoms. The van der Waals surface area contributed by atoms with Crippen molar-refractivity contribution in [1.29, 1.82) is 0 Å². The molecule has 0 amide bonds. The third-order valence-corrected chi connectivity index (χ3v) is 3.24. The summed E-state index contributed by atoms with van der Waals surface area (Å²) in [4.78, 5) is 0. The predicted octanol–water partition coefficient (Wildman–Crippen LogP) is 2.64. The minimum Gasteiger partial charge on any atom is -0.486 e. The highest BCUT2D eigenvalue weighted by atomic mass is 16.6. The fourth-order valence-electron chi connectivity index (χ4n) is 2.30. The lowest BCUT2D eigenvalue weighted by Crippen LogP contribution is -2.19. The van der Waals surface area contributed by atoms with Crippen molar-refractivity contribution in [3.8, 4) is 11.5 Å². The molecule has 1 atom stereocenters. The molecule has 0 radical (unpaired) electrons. The number of ether oxygens (including phenoxy) is 2. The highest BCUT2D eigenvalue weighted by Gasteiger charge is 2.23. The Morgan fingerprint density at radius 2 is 1.88 bits per heavy atom. The highest BCUT2D eigenvalue weighted by molar-refractivity contribution is 5.54. The van der Waals surface area contributed by atoms with Crippen molar-refractivity contribution in [1.82, 2.24) is 0 Å². The molecule has 94 valence electrons. The van der Waals surface area contributed by atoms with Gasteiger partial charge in [0, 0.05) is 5.56 Å². The molecule has 0 fully saturated rings. The monoisotopic (exact) mass is 235 g/mol. The molecule has 1 aromatic carbocycles. The fourth-order valence-corrected chi connectivity index (χ4v) is 2.30. The van der Waals surface area contributed by atoms with Gasteiger partial charge in [-0.05, 0) is 30.0 Å². The van der Waals surface area contributed by atoms with Gasteiger partial charge in [0.2, 0.25) is 0 Å². The van der Waals surface area contributed by atoms with E-state index in [1.807, 2.05) is 6.07 Å². The molecule has 1 aliphatic rings. The van der Waals surface area contributed by atoms with Gasteiger partial charge in [-0.15, -0.1) is 0 Å². The number of fused-ring (bicyclic) bond motifs is 1. The Kier molecular flexibility index (Phi) is 3.57. The second-order valence-corrected chi connectivity index (χ2v) is 4.88. The predicted molar refractivity (Wildman–Crippen MR) is 69.0 cm³/mol. The number of nitrogens with two attached hydrogens (primary N) is 1. The van der Waals surface area contributed by atoms with E-state index in [0.717, 1.165) is 11.5 Å². The molecule has 0 aromatic heterocycles. The van der Waals surface area contributed by atoms with Crippen molar-refractivity contribution in [2.24, 2.45) is 5.73 Å². The maximum Gasteiger partial charge on any atom is 0.165 e. The van der Waals surface area contributed by atoms with Crippen LogP contribution in [0.5, 0.6) is 11.5 Å². The molecule has 17 heavy (non-hydrogen) atoms. The van der Waals surface area contributed by atoms with Gasteiger partial charge in [-0.25, -0.2) is 0 Å². The van der Waals surface area contributed by atoms with Crippen LogP contribution in [0.25, 0.3) is 0 Å². The Labute approximate surface area is 103 Å². The van der Waals surface area contributed by atoms with Gasteiger partial charge in [0.05, 0.1) is 0 Å². The molecule has 0 spiro atoms. The SMILES string of the molecule is CC(C)c1c(C(C)CN)ccc2c1OCCO2. The van der Waals surface area contributed by atoms with Crippen molar-refractivity contribution in [3.63, 3.8) is 0 Å². The highest BCUT2D eigenvalue weighted by Crippen LogP contribution is 2.41. The lowest BCUT2D eigenvalue weighted by molar-refractivity contribution is 0.169. The van der Waals surface area contributed by atoms with Crippen molar-refractivity contribution in [2.45, 2.75) is 32.6 Å². The molecule has 0 aliphatic carbocycles. The first kappa shape index (κ1) is 12.2. The van der Waals surface area contributed by atoms with Crippen LogP contribution in [0.4, 0.5) is 0 Å². The Balaban J connectivity index is 2.53. The van der Waals surface area contributed by atoms with Crippen LogP contribution >= 0.6 is 0 Å². The second kappa shape index (κ2) is 4.96. The summed E-state index contributed by atoms with van der Waals surface area (Å²) >= 11 is 0. The standard InChI is InChI=1S/C14H21NO2/c1-9(2)13-11(10(3)8-15)4-5-12-14(13)17-7-6-16-12/h4-5,9-10H,6-8,15H2,1-3H3. The van der Waals surface area contributed by atoms with Crippen molar-refractivity contribution < 1.29 is 9.47 Å². The van der Waals surface area contributed by atoms with Crippen LogP contribution < -0.4 is 15.2 Å². The Bertz CT molecular complexity index is 401. The van der Waals surface area contributed by atoms with Crippen LogP contribution in [-0.2, 0) is 0 Å². The average molecular weight is 235 g/mol. The first-order valence-corrected chi connectivity index (χ1v) is 6.27. The number of rotatable bonds is 3. The summed E-state index contributed by atoms with van der Waals surface area (Å²) in [5.74, 6) is 2.55. The molecule has 2 N–H and O–H groups in total. The summed E-state index contributed by atoms with van der Waals surface area (Å²) in [6.07, 6.45) is 0. The quantitative estimate of drug-likeness (QED) is 0.876. The summed E-state index contributed by atoms with van der Waals surface area (Å²) in [5, 5.41) is 0. The molecule has 1 aromatic rings. The Hall–Kier alpha value is -1.22. The van der Waals surface area contributed by atoms with E-state index >= 15 is 0 Å². The molecule has 1 unspecified atom stereocenters. The van der Waals surface area contributed by atoms with E-state index in [2.05, 4.69) is 26.8 Å². The van der Waals surface area contributed by atoms with E-state index in [1.54, 1.807) is 0 Å². The summed E-state index contributed by atoms with van der Waals surface area (Å²) in [5.41, 5.74) is 8.31. The van der Waals surface area contributed by atoms with Gasteiger partial charge in [0.1, 0.15) is 13.2 Å². The fraction of sp³-hybridized carbons (Fsp3) is 0.571. The summed E-state index contributed by atoms with van der Waals surface area (Å²) in [6, 6.07) is 4.13. The molecule has 0 saturated carbocycles. The zero-order valence-electron chi connectivity index (χ0n) is 10.8. The van der Waals surface area contributed by atoms with Gasteiger partial charge in [0.15, 0.2) is 11.5 Å². The Morgan fingerprint density at radius 3 is 2.53 bits per heavy atom. The van der Waals surface area contributed by atoms with Gasteiger partial charge < -0.3 is 15.2 Å². The average Bonchev–Trinajstić information content (AvgIpc) is 2.36. The molecular formula is C14H21NO2. The van der Waals surface area contributed by atoms with Crippen LogP contribution in [0.2, 0.25) is 0 Å². The third-order valence-electron chi connectivity index (χ3n) is 3.24. The molecule has 1 aliphatic heterocycles. The van der Waals surface area contributed by atoms with E-state index in [9.17, 15) is 0 Å². The van der Waals surface area contributed by atoms with Gasteiger partial charge >= 0.3 is 0 Å². The maximum absolute atomic E-state index is 5.79. The van der Waals surface area contributed by atoms with Gasteiger partial charge in [0.25, 0.3) is 0 Å². The topological polar surface area (TPSA) is 44.5 Å². The first-order valence-electron chi connectivity index (χ1n) is 6.27. The second-order valence-electron chi connectivity index (χ2n) is 4.88. The van der Waals surface area contributed by atoms with Gasteiger partial charge in [-0.2, -0.15) is 0 Å². The molecule has 0 bridgehead atoms. The first-order chi connectivity index (χ1) is 8.15. The molecular weight excluding hydrogens is 214 g/mol. The van der Waals surface area contributed by atoms with Crippen LogP contribution in [0.3, 0.4) is 0 Å². The van der Waals surface area contributed by atoms with Crippen LogP contribution in [0, 0.1) is 0 Å². The summed E-state index contributed by atoms with van der Waals surface area (Å²) in [6.45, 7) is 8.43. The summed E-state index contributed by atoms with van der Waals surface area (Å²) < 4.78 is 11.4. The zero-order chi connectivity index (χ0) is 12.4. The van der Waals surface area contributed by atoms with Crippen LogP contribution in [0.15, 0.2) is 12.1 Å². The molecule has 3 nitrogen and oxygen atoms in total. The zero-order valence-corrected chi connectivity index (χ0v) is 10.8. The van der Waals surface area contributed by atoms with Crippen molar-refractivity contribution in [2.75, 3.05) is 19.8 Å². The van der Waals surface area contributed by atoms with Crippen LogP contribution in [0.1, 0.15) is 43.7 Å². The number of benzene rings is 1. The largest absolute Gasteiger partial charge is 0.486 e. The lowest BCUT2D eigenvalue weighted by Gasteiger charge is -2.26. The van der Waals surface area contributed by atoms with Crippen molar-refractivity contribution in [3.05, 3.63) is 23.3 Å². The molecule has 0 saturated heterocycles. The summed E-state index contributed by atoms with van der Waals surface area (Å²) in [7, 11) is 0. The maximum atomic E-state index is 5.79. The molecule has 1 heterocycles. The lowest BCUT2D eigenvalue weighted by atomic mass is 9.88. The van der Waals surface area contributed by atoms with Crippen molar-refractivity contribution >= 4 is 0 Å². The number of hydrogen-bond donors (Lipinski definition) is 1. The van der Waals surface area contributed by atoms with E-state index in [4.69, 9.17) is 15.2 Å².